The van der Waals surface area contributed by atoms with Crippen LogP contribution in [0.3, 0.4) is 0 Å². The van der Waals surface area contributed by atoms with Crippen molar-refractivity contribution in [1.82, 2.24) is 15.0 Å². The summed E-state index contributed by atoms with van der Waals surface area (Å²) < 4.78 is 8.87. The van der Waals surface area contributed by atoms with Crippen LogP contribution in [0.2, 0.25) is 0 Å². The van der Waals surface area contributed by atoms with Gasteiger partial charge in [-0.3, -0.25) is 0 Å². The highest BCUT2D eigenvalue weighted by Gasteiger charge is 2.19. The standard InChI is InChI=1S/C51H31N3OS/c1-4-14-32(15-5-1)35-20-12-21-37(28-35)50-52-49(34-18-8-3-9-19-34)53-51(54-50)41-23-13-25-45-47(41)40-27-26-36(31-46(40)56-45)38-29-42(33-16-6-2-7-17-33)48-43(30-38)39-22-10-11-24-44(39)55-48/h1-31H. The van der Waals surface area contributed by atoms with Gasteiger partial charge in [0, 0.05) is 53.2 Å². The van der Waals surface area contributed by atoms with Crippen LogP contribution in [0.15, 0.2) is 192 Å². The molecule has 262 valence electrons. The Morgan fingerprint density at radius 3 is 1.77 bits per heavy atom. The minimum Gasteiger partial charge on any atom is -0.455 e. The van der Waals surface area contributed by atoms with Crippen LogP contribution in [-0.2, 0) is 0 Å². The van der Waals surface area contributed by atoms with Crippen LogP contribution in [0.25, 0.3) is 110 Å². The van der Waals surface area contributed by atoms with Crippen molar-refractivity contribution in [3.63, 3.8) is 0 Å². The van der Waals surface area contributed by atoms with Crippen molar-refractivity contribution in [3.8, 4) is 67.5 Å². The molecule has 0 aliphatic heterocycles. The summed E-state index contributed by atoms with van der Waals surface area (Å²) in [5.41, 5.74) is 11.5. The van der Waals surface area contributed by atoms with Crippen LogP contribution in [0.1, 0.15) is 0 Å². The molecule has 0 fully saturated rings. The highest BCUT2D eigenvalue weighted by molar-refractivity contribution is 7.26. The normalized spacial score (nSPS) is 11.6. The molecule has 0 saturated heterocycles. The molecule has 0 N–H and O–H groups in total. The van der Waals surface area contributed by atoms with Gasteiger partial charge in [0.25, 0.3) is 0 Å². The molecule has 56 heavy (non-hydrogen) atoms. The Balaban J connectivity index is 1.08. The average molecular weight is 734 g/mol. The summed E-state index contributed by atoms with van der Waals surface area (Å²) >= 11 is 1.80. The van der Waals surface area contributed by atoms with E-state index in [1.54, 1.807) is 11.3 Å². The topological polar surface area (TPSA) is 51.8 Å². The summed E-state index contributed by atoms with van der Waals surface area (Å²) in [7, 11) is 0. The van der Waals surface area contributed by atoms with Gasteiger partial charge in [-0.05, 0) is 64.2 Å². The van der Waals surface area contributed by atoms with E-state index in [0.29, 0.717) is 17.5 Å². The van der Waals surface area contributed by atoms with E-state index in [-0.39, 0.29) is 0 Å². The molecule has 0 spiro atoms. The second-order valence-electron chi connectivity index (χ2n) is 14.0. The zero-order chi connectivity index (χ0) is 37.0. The number of aromatic nitrogens is 3. The number of hydrogen-bond acceptors (Lipinski definition) is 5. The maximum atomic E-state index is 6.48. The van der Waals surface area contributed by atoms with Crippen LogP contribution in [-0.4, -0.2) is 15.0 Å². The van der Waals surface area contributed by atoms with Crippen molar-refractivity contribution in [3.05, 3.63) is 188 Å². The fraction of sp³-hybridized carbons (Fsp3) is 0. The largest absolute Gasteiger partial charge is 0.455 e. The molecule has 0 aliphatic rings. The molecule has 11 rings (SSSR count). The fourth-order valence-corrected chi connectivity index (χ4v) is 9.00. The Hall–Kier alpha value is -7.21. The van der Waals surface area contributed by atoms with E-state index in [1.807, 2.05) is 36.4 Å². The van der Waals surface area contributed by atoms with E-state index < -0.39 is 0 Å². The molecule has 11 aromatic rings. The van der Waals surface area contributed by atoms with Crippen LogP contribution < -0.4 is 0 Å². The molecule has 0 amide bonds. The summed E-state index contributed by atoms with van der Waals surface area (Å²) in [6, 6.07) is 65.7. The number of furan rings is 1. The van der Waals surface area contributed by atoms with Crippen LogP contribution in [0.5, 0.6) is 0 Å². The fourth-order valence-electron chi connectivity index (χ4n) is 7.83. The molecule has 0 atom stereocenters. The number of para-hydroxylation sites is 1. The minimum absolute atomic E-state index is 0.641. The lowest BCUT2D eigenvalue weighted by Gasteiger charge is -2.11. The van der Waals surface area contributed by atoms with Gasteiger partial charge >= 0.3 is 0 Å². The maximum Gasteiger partial charge on any atom is 0.164 e. The maximum absolute atomic E-state index is 6.48. The Kier molecular flexibility index (Phi) is 7.64. The van der Waals surface area contributed by atoms with E-state index in [9.17, 15) is 0 Å². The summed E-state index contributed by atoms with van der Waals surface area (Å²) in [6.45, 7) is 0. The molecular weight excluding hydrogens is 703 g/mol. The highest BCUT2D eigenvalue weighted by atomic mass is 32.1. The van der Waals surface area contributed by atoms with Crippen molar-refractivity contribution in [2.75, 3.05) is 0 Å². The van der Waals surface area contributed by atoms with Crippen molar-refractivity contribution >= 4 is 53.4 Å². The first-order valence-corrected chi connectivity index (χ1v) is 19.5. The van der Waals surface area contributed by atoms with Gasteiger partial charge in [0.05, 0.1) is 0 Å². The second-order valence-corrected chi connectivity index (χ2v) is 15.1. The van der Waals surface area contributed by atoms with E-state index in [0.717, 1.165) is 77.4 Å². The zero-order valence-electron chi connectivity index (χ0n) is 30.1. The highest BCUT2D eigenvalue weighted by Crippen LogP contribution is 2.44. The van der Waals surface area contributed by atoms with Crippen molar-refractivity contribution in [2.45, 2.75) is 0 Å². The molecule has 4 nitrogen and oxygen atoms in total. The lowest BCUT2D eigenvalue weighted by Crippen LogP contribution is -2.00. The number of fused-ring (bicyclic) bond motifs is 6. The van der Waals surface area contributed by atoms with Gasteiger partial charge in [0.15, 0.2) is 17.5 Å². The lowest BCUT2D eigenvalue weighted by atomic mass is 9.95. The first-order valence-electron chi connectivity index (χ1n) is 18.7. The third-order valence-electron chi connectivity index (χ3n) is 10.5. The smallest absolute Gasteiger partial charge is 0.164 e. The van der Waals surface area contributed by atoms with Crippen LogP contribution in [0.4, 0.5) is 0 Å². The average Bonchev–Trinajstić information content (AvgIpc) is 3.85. The predicted molar refractivity (Wildman–Crippen MR) is 233 cm³/mol. The molecule has 0 saturated carbocycles. The Bertz CT molecular complexity index is 3240. The number of rotatable bonds is 6. The first-order chi connectivity index (χ1) is 27.7. The van der Waals surface area contributed by atoms with E-state index in [4.69, 9.17) is 19.4 Å². The molecule has 3 heterocycles. The van der Waals surface area contributed by atoms with Gasteiger partial charge in [-0.25, -0.2) is 15.0 Å². The minimum atomic E-state index is 0.641. The summed E-state index contributed by atoms with van der Waals surface area (Å²) in [6.07, 6.45) is 0. The molecule has 0 aliphatic carbocycles. The van der Waals surface area contributed by atoms with Gasteiger partial charge in [0.1, 0.15) is 11.2 Å². The summed E-state index contributed by atoms with van der Waals surface area (Å²) in [5.74, 6) is 1.94. The molecule has 0 bridgehead atoms. The van der Waals surface area contributed by atoms with Gasteiger partial charge in [0.2, 0.25) is 0 Å². The monoisotopic (exact) mass is 733 g/mol. The zero-order valence-corrected chi connectivity index (χ0v) is 30.9. The van der Waals surface area contributed by atoms with Gasteiger partial charge in [-0.2, -0.15) is 0 Å². The Morgan fingerprint density at radius 2 is 0.964 bits per heavy atom. The van der Waals surface area contributed by atoms with Crippen molar-refractivity contribution in [2.24, 2.45) is 0 Å². The summed E-state index contributed by atoms with van der Waals surface area (Å²) in [5, 5.41) is 4.56. The third kappa shape index (κ3) is 5.56. The predicted octanol–water partition coefficient (Wildman–Crippen LogP) is 14.1. The second kappa shape index (κ2) is 13.3. The molecule has 3 aromatic heterocycles. The number of nitrogens with zero attached hydrogens (tertiary/aromatic N) is 3. The Labute approximate surface area is 327 Å². The van der Waals surface area contributed by atoms with Crippen molar-refractivity contribution < 1.29 is 4.42 Å². The quantitative estimate of drug-likeness (QED) is 0.171. The van der Waals surface area contributed by atoms with Crippen LogP contribution in [0, 0.1) is 0 Å². The molecule has 5 heteroatoms. The number of hydrogen-bond donors (Lipinski definition) is 0. The van der Waals surface area contributed by atoms with Crippen molar-refractivity contribution in [1.29, 1.82) is 0 Å². The number of benzene rings is 8. The van der Waals surface area contributed by atoms with Gasteiger partial charge < -0.3 is 4.42 Å². The molecular formula is C51H31N3OS. The lowest BCUT2D eigenvalue weighted by molar-refractivity contribution is 0.670. The first kappa shape index (κ1) is 32.2. The summed E-state index contributed by atoms with van der Waals surface area (Å²) in [4.78, 5) is 15.4. The van der Waals surface area contributed by atoms with E-state index in [2.05, 4.69) is 152 Å². The molecule has 0 unspecified atom stereocenters. The SMILES string of the molecule is c1ccc(-c2cccc(-c3nc(-c4ccccc4)nc(-c4cccc5sc6cc(-c7cc(-c8ccccc8)c8oc9ccccc9c8c7)ccc6c45)n3)c2)cc1. The van der Waals surface area contributed by atoms with E-state index in [1.165, 1.54) is 14.8 Å². The van der Waals surface area contributed by atoms with Crippen LogP contribution >= 0.6 is 11.3 Å². The molecule has 8 aromatic carbocycles. The Morgan fingerprint density at radius 1 is 0.339 bits per heavy atom. The molecule has 0 radical (unpaired) electrons. The van der Waals surface area contributed by atoms with Gasteiger partial charge in [-0.15, -0.1) is 11.3 Å². The van der Waals surface area contributed by atoms with E-state index >= 15 is 0 Å². The number of thiophene rings is 1. The van der Waals surface area contributed by atoms with Gasteiger partial charge in [-0.1, -0.05) is 152 Å². The third-order valence-corrected chi connectivity index (χ3v) is 11.6.